The quantitative estimate of drug-likeness (QED) is 0.514. The molecule has 4 N–H and O–H groups in total. The molecule has 0 radical (unpaired) electrons. The van der Waals surface area contributed by atoms with Gasteiger partial charge in [0.25, 0.3) is 0 Å². The van der Waals surface area contributed by atoms with Crippen LogP contribution in [0.5, 0.6) is 0 Å². The van der Waals surface area contributed by atoms with Crippen molar-refractivity contribution in [3.63, 3.8) is 0 Å². The first-order valence-electron chi connectivity index (χ1n) is 5.13. The maximum atomic E-state index is 9.59. The molecule has 16 heavy (non-hydrogen) atoms. The van der Waals surface area contributed by atoms with Gasteiger partial charge in [0.05, 0.1) is 12.3 Å². The molecule has 2 heterocycles. The van der Waals surface area contributed by atoms with Crippen molar-refractivity contribution in [1.29, 1.82) is 0 Å². The highest BCUT2D eigenvalue weighted by atomic mass is 35.5. The summed E-state index contributed by atoms with van der Waals surface area (Å²) in [5.74, 6) is 6.17. The van der Waals surface area contributed by atoms with Gasteiger partial charge in [-0.05, 0) is 12.8 Å². The van der Waals surface area contributed by atoms with Crippen LogP contribution in [-0.2, 0) is 0 Å². The van der Waals surface area contributed by atoms with E-state index in [9.17, 15) is 5.11 Å². The lowest BCUT2D eigenvalue weighted by Crippen LogP contribution is -2.39. The van der Waals surface area contributed by atoms with Crippen molar-refractivity contribution in [2.24, 2.45) is 5.84 Å². The van der Waals surface area contributed by atoms with Crippen LogP contribution in [0.4, 0.5) is 11.8 Å². The van der Waals surface area contributed by atoms with Crippen LogP contribution in [0.25, 0.3) is 0 Å². The van der Waals surface area contributed by atoms with Crippen molar-refractivity contribution in [1.82, 2.24) is 9.97 Å². The predicted molar refractivity (Wildman–Crippen MR) is 62.3 cm³/mol. The Hall–Kier alpha value is -1.11. The van der Waals surface area contributed by atoms with Gasteiger partial charge in [-0.25, -0.2) is 10.8 Å². The van der Waals surface area contributed by atoms with E-state index in [0.29, 0.717) is 23.3 Å². The van der Waals surface area contributed by atoms with Crippen molar-refractivity contribution in [2.45, 2.75) is 18.9 Å². The third-order valence-corrected chi connectivity index (χ3v) is 2.82. The summed E-state index contributed by atoms with van der Waals surface area (Å²) in [6.45, 7) is 1.37. The van der Waals surface area contributed by atoms with E-state index in [0.717, 1.165) is 19.4 Å². The van der Waals surface area contributed by atoms with Crippen molar-refractivity contribution in [3.05, 3.63) is 11.2 Å². The number of hydrazine groups is 1. The smallest absolute Gasteiger partial charge is 0.239 e. The summed E-state index contributed by atoms with van der Waals surface area (Å²) < 4.78 is 0. The van der Waals surface area contributed by atoms with Crippen LogP contribution in [0.15, 0.2) is 6.20 Å². The number of aliphatic hydroxyl groups is 1. The van der Waals surface area contributed by atoms with Crippen LogP contribution in [-0.4, -0.2) is 34.3 Å². The number of hydrogen-bond donors (Lipinski definition) is 3. The molecular weight excluding hydrogens is 230 g/mol. The summed E-state index contributed by atoms with van der Waals surface area (Å²) in [5, 5.41) is 10.1. The van der Waals surface area contributed by atoms with E-state index in [1.165, 1.54) is 6.20 Å². The van der Waals surface area contributed by atoms with E-state index in [1.54, 1.807) is 0 Å². The van der Waals surface area contributed by atoms with Crippen LogP contribution in [0.2, 0.25) is 5.02 Å². The van der Waals surface area contributed by atoms with Gasteiger partial charge in [0.15, 0.2) is 5.82 Å². The van der Waals surface area contributed by atoms with Crippen molar-refractivity contribution in [3.8, 4) is 0 Å². The second-order valence-corrected chi connectivity index (χ2v) is 4.16. The molecular formula is C9H14ClN5O. The van der Waals surface area contributed by atoms with Crippen LogP contribution in [0.3, 0.4) is 0 Å². The molecule has 88 valence electrons. The zero-order chi connectivity index (χ0) is 11.5. The average Bonchev–Trinajstić information content (AvgIpc) is 2.30. The number of nitrogens with two attached hydrogens (primary N) is 1. The number of hydrogen-bond acceptors (Lipinski definition) is 6. The Morgan fingerprint density at radius 1 is 1.62 bits per heavy atom. The van der Waals surface area contributed by atoms with Gasteiger partial charge in [-0.3, -0.25) is 5.43 Å². The molecule has 1 aliphatic heterocycles. The molecule has 1 fully saturated rings. The Labute approximate surface area is 98.4 Å². The molecule has 1 aromatic rings. The van der Waals surface area contributed by atoms with E-state index >= 15 is 0 Å². The molecule has 0 aromatic carbocycles. The lowest BCUT2D eigenvalue weighted by molar-refractivity contribution is 0.154. The minimum Gasteiger partial charge on any atom is -0.391 e. The maximum Gasteiger partial charge on any atom is 0.239 e. The number of rotatable bonds is 2. The first kappa shape index (κ1) is 11.4. The highest BCUT2D eigenvalue weighted by Crippen LogP contribution is 2.26. The number of aliphatic hydroxyl groups excluding tert-OH is 1. The van der Waals surface area contributed by atoms with Crippen molar-refractivity contribution >= 4 is 23.4 Å². The fourth-order valence-electron chi connectivity index (χ4n) is 1.80. The Morgan fingerprint density at radius 2 is 2.44 bits per heavy atom. The van der Waals surface area contributed by atoms with Gasteiger partial charge in [0.1, 0.15) is 5.02 Å². The highest BCUT2D eigenvalue weighted by molar-refractivity contribution is 6.32. The number of nitrogens with one attached hydrogen (secondary N) is 1. The maximum absolute atomic E-state index is 9.59. The molecule has 0 amide bonds. The number of nitrogens with zero attached hydrogens (tertiary/aromatic N) is 3. The Balaban J connectivity index is 2.24. The molecule has 1 aromatic heterocycles. The lowest BCUT2D eigenvalue weighted by atomic mass is 10.1. The molecule has 6 nitrogen and oxygen atoms in total. The normalized spacial score (nSPS) is 20.9. The molecule has 2 rings (SSSR count). The average molecular weight is 244 g/mol. The zero-order valence-electron chi connectivity index (χ0n) is 8.73. The molecule has 1 atom stereocenters. The lowest BCUT2D eigenvalue weighted by Gasteiger charge is -2.31. The zero-order valence-corrected chi connectivity index (χ0v) is 9.48. The van der Waals surface area contributed by atoms with Gasteiger partial charge in [-0.2, -0.15) is 4.98 Å². The molecule has 0 bridgehead atoms. The Bertz CT molecular complexity index is 375. The summed E-state index contributed by atoms with van der Waals surface area (Å²) >= 11 is 6.02. The number of piperidine rings is 1. The Morgan fingerprint density at radius 3 is 3.12 bits per heavy atom. The monoisotopic (exact) mass is 243 g/mol. The minimum absolute atomic E-state index is 0.319. The molecule has 1 aliphatic rings. The number of aromatic nitrogens is 2. The molecule has 7 heteroatoms. The van der Waals surface area contributed by atoms with Gasteiger partial charge in [-0.1, -0.05) is 11.6 Å². The molecule has 0 aliphatic carbocycles. The molecule has 1 unspecified atom stereocenters. The van der Waals surface area contributed by atoms with Gasteiger partial charge in [0.2, 0.25) is 5.95 Å². The molecule has 0 spiro atoms. The van der Waals surface area contributed by atoms with E-state index in [1.807, 2.05) is 4.90 Å². The highest BCUT2D eigenvalue weighted by Gasteiger charge is 2.21. The second kappa shape index (κ2) is 4.82. The van der Waals surface area contributed by atoms with E-state index in [2.05, 4.69) is 15.4 Å². The van der Waals surface area contributed by atoms with Crippen molar-refractivity contribution < 1.29 is 5.11 Å². The summed E-state index contributed by atoms with van der Waals surface area (Å²) in [4.78, 5) is 10.0. The van der Waals surface area contributed by atoms with Crippen LogP contribution < -0.4 is 16.2 Å². The first-order chi connectivity index (χ1) is 7.70. The van der Waals surface area contributed by atoms with Crippen LogP contribution >= 0.6 is 11.6 Å². The topological polar surface area (TPSA) is 87.3 Å². The molecule has 1 saturated heterocycles. The standard InChI is InChI=1S/C9H14ClN5O/c10-7-4-12-9(14-11)13-8(7)15-3-1-2-6(16)5-15/h4,6,16H,1-3,5,11H2,(H,12,13,14). The van der Waals surface area contributed by atoms with E-state index in [4.69, 9.17) is 17.4 Å². The van der Waals surface area contributed by atoms with Crippen molar-refractivity contribution in [2.75, 3.05) is 23.4 Å². The van der Waals surface area contributed by atoms with E-state index in [-0.39, 0.29) is 6.10 Å². The minimum atomic E-state index is -0.325. The number of halogens is 1. The Kier molecular flexibility index (Phi) is 3.42. The van der Waals surface area contributed by atoms with Crippen LogP contribution in [0, 0.1) is 0 Å². The summed E-state index contributed by atoms with van der Waals surface area (Å²) in [6, 6.07) is 0. The number of anilines is 2. The van der Waals surface area contributed by atoms with Gasteiger partial charge in [0, 0.05) is 13.1 Å². The van der Waals surface area contributed by atoms with Gasteiger partial charge < -0.3 is 10.0 Å². The number of β-amino-alcohol motifs (C(OH)–C–C–N with tert-alkyl or cyclic N) is 1. The fraction of sp³-hybridized carbons (Fsp3) is 0.556. The van der Waals surface area contributed by atoms with Crippen LogP contribution in [0.1, 0.15) is 12.8 Å². The second-order valence-electron chi connectivity index (χ2n) is 3.75. The first-order valence-corrected chi connectivity index (χ1v) is 5.50. The molecule has 0 saturated carbocycles. The summed E-state index contributed by atoms with van der Waals surface area (Å²) in [6.07, 6.45) is 2.92. The third kappa shape index (κ3) is 2.34. The summed E-state index contributed by atoms with van der Waals surface area (Å²) in [7, 11) is 0. The third-order valence-electron chi connectivity index (χ3n) is 2.55. The summed E-state index contributed by atoms with van der Waals surface area (Å²) in [5.41, 5.74) is 2.37. The SMILES string of the molecule is NNc1ncc(Cl)c(N2CCCC(O)C2)n1. The van der Waals surface area contributed by atoms with Gasteiger partial charge >= 0.3 is 0 Å². The largest absolute Gasteiger partial charge is 0.391 e. The predicted octanol–water partition coefficient (Wildman–Crippen LogP) is 0.377. The fourth-order valence-corrected chi connectivity index (χ4v) is 2.01. The number of nitrogen functional groups attached to an aromatic ring is 1. The van der Waals surface area contributed by atoms with Gasteiger partial charge in [-0.15, -0.1) is 0 Å². The van der Waals surface area contributed by atoms with E-state index < -0.39 is 0 Å².